The van der Waals surface area contributed by atoms with Crippen LogP contribution in [0.1, 0.15) is 33.1 Å². The highest BCUT2D eigenvalue weighted by Gasteiger charge is 2.14. The van der Waals surface area contributed by atoms with E-state index >= 15 is 0 Å². The predicted molar refractivity (Wildman–Crippen MR) is 101 cm³/mol. The van der Waals surface area contributed by atoms with Crippen LogP contribution in [0.3, 0.4) is 0 Å². The molecule has 2 heterocycles. The van der Waals surface area contributed by atoms with Crippen LogP contribution in [-0.2, 0) is 24.0 Å². The van der Waals surface area contributed by atoms with Crippen LogP contribution in [0.25, 0.3) is 0 Å². The van der Waals surface area contributed by atoms with Crippen molar-refractivity contribution >= 4 is 17.7 Å². The summed E-state index contributed by atoms with van der Waals surface area (Å²) in [5.74, 6) is 0.475. The van der Waals surface area contributed by atoms with Crippen molar-refractivity contribution in [2.75, 3.05) is 7.11 Å². The maximum Gasteiger partial charge on any atom is 0.337 e. The zero-order valence-electron chi connectivity index (χ0n) is 15.5. The average Bonchev–Trinajstić information content (AvgIpc) is 3.15. The Morgan fingerprint density at radius 2 is 1.96 bits per heavy atom. The summed E-state index contributed by atoms with van der Waals surface area (Å²) >= 11 is 1.34. The molecule has 0 atom stereocenters. The Morgan fingerprint density at radius 1 is 1.25 bits per heavy atom. The normalized spacial score (nSPS) is 10.8. The van der Waals surface area contributed by atoms with Gasteiger partial charge in [-0.25, -0.2) is 9.59 Å². The van der Waals surface area contributed by atoms with Crippen LogP contribution >= 0.6 is 11.8 Å². The van der Waals surface area contributed by atoms with Crippen LogP contribution in [0.2, 0.25) is 0 Å². The zero-order valence-corrected chi connectivity index (χ0v) is 16.3. The van der Waals surface area contributed by atoms with Crippen molar-refractivity contribution in [3.05, 3.63) is 73.4 Å². The Kier molecular flexibility index (Phi) is 5.78. The van der Waals surface area contributed by atoms with Gasteiger partial charge < -0.3 is 14.1 Å². The number of H-pyrrole nitrogens is 1. The fraction of sp³-hybridized carbons (Fsp3) is 0.278. The molecule has 3 rings (SSSR count). The molecule has 146 valence electrons. The number of aromatic nitrogens is 4. The van der Waals surface area contributed by atoms with Gasteiger partial charge in [-0.2, -0.15) is 0 Å². The third kappa shape index (κ3) is 4.22. The van der Waals surface area contributed by atoms with E-state index in [1.54, 1.807) is 19.1 Å². The Labute approximate surface area is 163 Å². The summed E-state index contributed by atoms with van der Waals surface area (Å²) in [5.41, 5.74) is 1.48. The van der Waals surface area contributed by atoms with Crippen molar-refractivity contribution in [1.82, 2.24) is 19.7 Å². The van der Waals surface area contributed by atoms with Gasteiger partial charge in [0, 0.05) is 24.1 Å². The van der Waals surface area contributed by atoms with Gasteiger partial charge in [-0.1, -0.05) is 23.9 Å². The number of benzene rings is 1. The van der Waals surface area contributed by atoms with Gasteiger partial charge in [-0.05, 0) is 24.6 Å². The lowest BCUT2D eigenvalue weighted by Crippen LogP contribution is -2.36. The second kappa shape index (κ2) is 8.26. The van der Waals surface area contributed by atoms with Crippen LogP contribution < -0.4 is 11.2 Å². The lowest BCUT2D eigenvalue weighted by atomic mass is 10.1. The van der Waals surface area contributed by atoms with Gasteiger partial charge in [0.15, 0.2) is 0 Å². The summed E-state index contributed by atoms with van der Waals surface area (Å²) in [6.07, 6.45) is 0.136. The van der Waals surface area contributed by atoms with E-state index in [4.69, 9.17) is 4.42 Å². The summed E-state index contributed by atoms with van der Waals surface area (Å²) < 4.78 is 11.3. The van der Waals surface area contributed by atoms with Gasteiger partial charge in [0.05, 0.1) is 19.1 Å². The molecule has 9 nitrogen and oxygen atoms in total. The third-order valence-electron chi connectivity index (χ3n) is 4.13. The van der Waals surface area contributed by atoms with Crippen molar-refractivity contribution in [2.24, 2.45) is 7.05 Å². The van der Waals surface area contributed by atoms with E-state index in [0.29, 0.717) is 27.8 Å². The Morgan fingerprint density at radius 3 is 2.64 bits per heavy atom. The lowest BCUT2D eigenvalue weighted by molar-refractivity contribution is 0.0600. The van der Waals surface area contributed by atoms with Gasteiger partial charge in [-0.15, -0.1) is 10.2 Å². The largest absolute Gasteiger partial charge is 0.465 e. The molecule has 2 aromatic heterocycles. The van der Waals surface area contributed by atoms with Gasteiger partial charge >= 0.3 is 11.7 Å². The number of hydrogen-bond acceptors (Lipinski definition) is 8. The highest BCUT2D eigenvalue weighted by atomic mass is 32.2. The standard InChI is InChI=1S/C18H18N4O5S/c1-10-13(15(23)22(2)17(25)19-10)8-14-20-21-18(27-14)28-9-11-4-6-12(7-5-11)16(24)26-3/h4-7H,8-9H2,1-3H3,(H,19,25). The minimum absolute atomic E-state index is 0.136. The van der Waals surface area contributed by atoms with Crippen molar-refractivity contribution in [3.63, 3.8) is 0 Å². The first-order chi connectivity index (χ1) is 13.4. The molecule has 0 aliphatic heterocycles. The van der Waals surface area contributed by atoms with E-state index in [9.17, 15) is 14.4 Å². The van der Waals surface area contributed by atoms with Gasteiger partial charge in [0.1, 0.15) is 0 Å². The average molecular weight is 402 g/mol. The molecule has 3 aromatic rings. The van der Waals surface area contributed by atoms with Crippen LogP contribution in [0.4, 0.5) is 0 Å². The topological polar surface area (TPSA) is 120 Å². The summed E-state index contributed by atoms with van der Waals surface area (Å²) in [5, 5.41) is 8.31. The molecule has 0 aliphatic rings. The Balaban J connectivity index is 1.67. The molecule has 0 spiro atoms. The van der Waals surface area contributed by atoms with Gasteiger partial charge in [0.25, 0.3) is 10.8 Å². The molecule has 28 heavy (non-hydrogen) atoms. The number of carbonyl (C=O) groups is 1. The monoisotopic (exact) mass is 402 g/mol. The number of nitrogens with zero attached hydrogens (tertiary/aromatic N) is 3. The highest BCUT2D eigenvalue weighted by Crippen LogP contribution is 2.22. The third-order valence-corrected chi connectivity index (χ3v) is 5.02. The number of methoxy groups -OCH3 is 1. The molecule has 0 saturated heterocycles. The van der Waals surface area contributed by atoms with E-state index in [1.807, 2.05) is 12.1 Å². The quantitative estimate of drug-likeness (QED) is 0.486. The van der Waals surface area contributed by atoms with Crippen molar-refractivity contribution in [1.29, 1.82) is 0 Å². The number of aromatic amines is 1. The van der Waals surface area contributed by atoms with Crippen molar-refractivity contribution in [2.45, 2.75) is 24.3 Å². The summed E-state index contributed by atoms with van der Waals surface area (Å²) in [6.45, 7) is 1.65. The highest BCUT2D eigenvalue weighted by molar-refractivity contribution is 7.98. The van der Waals surface area contributed by atoms with Crippen LogP contribution in [-0.4, -0.2) is 32.8 Å². The van der Waals surface area contributed by atoms with Crippen LogP contribution in [0.5, 0.6) is 0 Å². The molecule has 1 N–H and O–H groups in total. The molecule has 0 radical (unpaired) electrons. The van der Waals surface area contributed by atoms with Crippen molar-refractivity contribution < 1.29 is 13.9 Å². The summed E-state index contributed by atoms with van der Waals surface area (Å²) in [6, 6.07) is 7.03. The first-order valence-corrected chi connectivity index (χ1v) is 9.29. The molecule has 0 unspecified atom stereocenters. The first-order valence-electron chi connectivity index (χ1n) is 8.30. The Bertz CT molecular complexity index is 1110. The number of carbonyl (C=O) groups excluding carboxylic acids is 1. The van der Waals surface area contributed by atoms with Crippen LogP contribution in [0, 0.1) is 6.92 Å². The number of thioether (sulfide) groups is 1. The van der Waals surface area contributed by atoms with Crippen molar-refractivity contribution in [3.8, 4) is 0 Å². The fourth-order valence-corrected chi connectivity index (χ4v) is 3.24. The fourth-order valence-electron chi connectivity index (χ4n) is 2.50. The summed E-state index contributed by atoms with van der Waals surface area (Å²) in [7, 11) is 2.74. The van der Waals surface area contributed by atoms with E-state index in [-0.39, 0.29) is 23.8 Å². The molecule has 0 aliphatic carbocycles. The molecule has 10 heteroatoms. The second-order valence-corrected chi connectivity index (χ2v) is 6.94. The minimum atomic E-state index is -0.466. The molecule has 1 aromatic carbocycles. The number of ether oxygens (including phenoxy) is 1. The number of nitrogens with one attached hydrogen (secondary N) is 1. The number of rotatable bonds is 6. The Hall–Kier alpha value is -3.14. The number of esters is 1. The van der Waals surface area contributed by atoms with E-state index in [0.717, 1.165) is 10.1 Å². The number of hydrogen-bond donors (Lipinski definition) is 1. The number of aryl methyl sites for hydroxylation is 1. The van der Waals surface area contributed by atoms with E-state index in [2.05, 4.69) is 19.9 Å². The molecular weight excluding hydrogens is 384 g/mol. The molecule has 0 amide bonds. The molecular formula is C18H18N4O5S. The molecule has 0 bridgehead atoms. The van der Waals surface area contributed by atoms with Gasteiger partial charge in [-0.3, -0.25) is 9.36 Å². The maximum absolute atomic E-state index is 12.2. The van der Waals surface area contributed by atoms with Gasteiger partial charge in [0.2, 0.25) is 5.89 Å². The predicted octanol–water partition coefficient (Wildman–Crippen LogP) is 1.43. The zero-order chi connectivity index (χ0) is 20.3. The lowest BCUT2D eigenvalue weighted by Gasteiger charge is -2.04. The van der Waals surface area contributed by atoms with E-state index < -0.39 is 5.69 Å². The van der Waals surface area contributed by atoms with Crippen LogP contribution in [0.15, 0.2) is 43.5 Å². The minimum Gasteiger partial charge on any atom is -0.465 e. The maximum atomic E-state index is 12.2. The molecule has 0 fully saturated rings. The second-order valence-electron chi connectivity index (χ2n) is 6.01. The van der Waals surface area contributed by atoms with E-state index in [1.165, 1.54) is 25.9 Å². The summed E-state index contributed by atoms with van der Waals surface area (Å²) in [4.78, 5) is 37.9. The smallest absolute Gasteiger partial charge is 0.337 e. The SMILES string of the molecule is COC(=O)c1ccc(CSc2nnc(Cc3c(C)[nH]c(=O)n(C)c3=O)o2)cc1. The first kappa shape index (κ1) is 19.6. The molecule has 0 saturated carbocycles.